The third-order valence-corrected chi connectivity index (χ3v) is 6.05. The Kier molecular flexibility index (Phi) is 11.7. The first kappa shape index (κ1) is 29.9. The number of hydrogen-bond donors (Lipinski definition) is 6. The molecule has 196 valence electrons. The topological polar surface area (TPSA) is 171 Å². The molecule has 0 aromatic heterocycles. The van der Waals surface area contributed by atoms with Crippen LogP contribution >= 0.6 is 0 Å². The number of nitrogens with two attached hydrogens (primary N) is 1. The first-order chi connectivity index (χ1) is 16.3. The summed E-state index contributed by atoms with van der Waals surface area (Å²) in [6, 6.07) is 2.20. The van der Waals surface area contributed by atoms with Crippen LogP contribution in [0, 0.1) is 17.8 Å². The number of carbonyl (C=O) groups excluding carboxylic acids is 3. The predicted molar refractivity (Wildman–Crippen MR) is 132 cm³/mol. The molecular formula is C25H40N4O6. The Bertz CT molecular complexity index is 871. The molecule has 10 heteroatoms. The van der Waals surface area contributed by atoms with E-state index in [4.69, 9.17) is 5.73 Å². The zero-order chi connectivity index (χ0) is 26.9. The van der Waals surface area contributed by atoms with Crippen molar-refractivity contribution in [3.05, 3.63) is 29.8 Å². The molecule has 10 nitrogen and oxygen atoms in total. The number of amides is 3. The van der Waals surface area contributed by atoms with Gasteiger partial charge in [-0.1, -0.05) is 60.1 Å². The summed E-state index contributed by atoms with van der Waals surface area (Å²) >= 11 is 0. The lowest BCUT2D eigenvalue weighted by molar-refractivity contribution is -0.143. The van der Waals surface area contributed by atoms with Gasteiger partial charge >= 0.3 is 5.97 Å². The summed E-state index contributed by atoms with van der Waals surface area (Å²) in [7, 11) is 0. The summed E-state index contributed by atoms with van der Waals surface area (Å²) in [5.74, 6) is -3.64. The summed E-state index contributed by atoms with van der Waals surface area (Å²) in [5, 5.41) is 26.8. The van der Waals surface area contributed by atoms with Crippen molar-refractivity contribution in [3.63, 3.8) is 0 Å². The Hall–Kier alpha value is -3.14. The number of carboxylic acids is 1. The molecule has 0 aliphatic heterocycles. The zero-order valence-electron chi connectivity index (χ0n) is 21.4. The van der Waals surface area contributed by atoms with Crippen molar-refractivity contribution in [1.82, 2.24) is 16.0 Å². The van der Waals surface area contributed by atoms with Crippen molar-refractivity contribution in [1.29, 1.82) is 0 Å². The molecule has 0 spiro atoms. The van der Waals surface area contributed by atoms with Gasteiger partial charge in [-0.15, -0.1) is 0 Å². The molecule has 0 heterocycles. The summed E-state index contributed by atoms with van der Waals surface area (Å²) in [6.45, 7) is 10.5. The summed E-state index contributed by atoms with van der Waals surface area (Å²) in [4.78, 5) is 50.4. The van der Waals surface area contributed by atoms with Crippen LogP contribution in [0.1, 0.15) is 53.5 Å². The van der Waals surface area contributed by atoms with Crippen molar-refractivity contribution in [2.45, 2.75) is 78.6 Å². The van der Waals surface area contributed by atoms with E-state index in [1.54, 1.807) is 39.8 Å². The van der Waals surface area contributed by atoms with Crippen LogP contribution in [0.15, 0.2) is 24.3 Å². The Balaban J connectivity index is 3.13. The smallest absolute Gasteiger partial charge is 0.326 e. The minimum absolute atomic E-state index is 0.0623. The maximum Gasteiger partial charge on any atom is 0.326 e. The van der Waals surface area contributed by atoms with Crippen molar-refractivity contribution in [3.8, 4) is 5.75 Å². The number of aliphatic carboxylic acids is 1. The van der Waals surface area contributed by atoms with Crippen molar-refractivity contribution >= 4 is 23.7 Å². The molecule has 0 aliphatic rings. The number of carbonyl (C=O) groups is 4. The molecule has 0 fully saturated rings. The second-order valence-corrected chi connectivity index (χ2v) is 9.64. The molecule has 0 saturated carbocycles. The Morgan fingerprint density at radius 2 is 1.34 bits per heavy atom. The third-order valence-electron chi connectivity index (χ3n) is 6.05. The zero-order valence-corrected chi connectivity index (χ0v) is 21.4. The maximum absolute atomic E-state index is 13.3. The molecule has 5 unspecified atom stereocenters. The fraction of sp³-hybridized carbons (Fsp3) is 0.600. The van der Waals surface area contributed by atoms with E-state index in [2.05, 4.69) is 16.0 Å². The standard InChI is InChI=1S/C25H40N4O6/c1-7-15(6)19(26)23(32)27-18(12-16-8-10-17(30)11-9-16)22(31)28-20(13(2)3)24(33)29-21(14(4)5)25(34)35/h8-11,13-15,18-21,30H,7,12,26H2,1-6H3,(H,27,32)(H,28,31)(H,29,33)(H,34,35). The summed E-state index contributed by atoms with van der Waals surface area (Å²) < 4.78 is 0. The molecule has 0 bridgehead atoms. The molecule has 0 aliphatic carbocycles. The molecule has 1 aromatic carbocycles. The van der Waals surface area contributed by atoms with Gasteiger partial charge in [-0.25, -0.2) is 4.79 Å². The van der Waals surface area contributed by atoms with E-state index in [0.29, 0.717) is 12.0 Å². The van der Waals surface area contributed by atoms with E-state index in [0.717, 1.165) is 0 Å². The van der Waals surface area contributed by atoms with Gasteiger partial charge in [-0.3, -0.25) is 14.4 Å². The number of rotatable bonds is 13. The molecule has 7 N–H and O–H groups in total. The SMILES string of the molecule is CCC(C)C(N)C(=O)NC(Cc1ccc(O)cc1)C(=O)NC(C(=O)NC(C(=O)O)C(C)C)C(C)C. The fourth-order valence-electron chi connectivity index (χ4n) is 3.40. The highest BCUT2D eigenvalue weighted by Crippen LogP contribution is 2.13. The quantitative estimate of drug-likeness (QED) is 0.240. The van der Waals surface area contributed by atoms with Gasteiger partial charge in [0.05, 0.1) is 6.04 Å². The van der Waals surface area contributed by atoms with E-state index < -0.39 is 47.9 Å². The second kappa shape index (κ2) is 13.7. The van der Waals surface area contributed by atoms with Gasteiger partial charge in [0.1, 0.15) is 23.9 Å². The van der Waals surface area contributed by atoms with Gasteiger partial charge in [-0.2, -0.15) is 0 Å². The fourth-order valence-corrected chi connectivity index (χ4v) is 3.40. The van der Waals surface area contributed by atoms with E-state index in [9.17, 15) is 29.4 Å². The van der Waals surface area contributed by atoms with Crippen LogP contribution in [0.5, 0.6) is 5.75 Å². The van der Waals surface area contributed by atoms with Gasteiger partial charge in [0, 0.05) is 6.42 Å². The molecule has 3 amide bonds. The highest BCUT2D eigenvalue weighted by atomic mass is 16.4. The largest absolute Gasteiger partial charge is 0.508 e. The number of carboxylic acid groups (broad SMARTS) is 1. The van der Waals surface area contributed by atoms with E-state index >= 15 is 0 Å². The van der Waals surface area contributed by atoms with Gasteiger partial charge in [0.2, 0.25) is 17.7 Å². The minimum Gasteiger partial charge on any atom is -0.508 e. The average molecular weight is 493 g/mol. The number of benzene rings is 1. The highest BCUT2D eigenvalue weighted by molar-refractivity contribution is 5.94. The lowest BCUT2D eigenvalue weighted by Gasteiger charge is -2.28. The monoisotopic (exact) mass is 492 g/mol. The number of phenolic OH excluding ortho intramolecular Hbond substituents is 1. The van der Waals surface area contributed by atoms with Crippen molar-refractivity contribution < 1.29 is 29.4 Å². The number of hydrogen-bond acceptors (Lipinski definition) is 6. The van der Waals surface area contributed by atoms with Crippen molar-refractivity contribution in [2.24, 2.45) is 23.5 Å². The summed E-state index contributed by atoms with van der Waals surface area (Å²) in [5.41, 5.74) is 6.72. The molecular weight excluding hydrogens is 452 g/mol. The van der Waals surface area contributed by atoms with E-state index in [-0.39, 0.29) is 29.9 Å². The normalized spacial score (nSPS) is 15.6. The van der Waals surface area contributed by atoms with Crippen LogP contribution in [0.2, 0.25) is 0 Å². The number of aromatic hydroxyl groups is 1. The van der Waals surface area contributed by atoms with Crippen molar-refractivity contribution in [2.75, 3.05) is 0 Å². The summed E-state index contributed by atoms with van der Waals surface area (Å²) in [6.07, 6.45) is 0.779. The van der Waals surface area contributed by atoms with Crippen LogP contribution in [0.3, 0.4) is 0 Å². The molecule has 5 atom stereocenters. The minimum atomic E-state index is -1.17. The Morgan fingerprint density at radius 3 is 1.80 bits per heavy atom. The van der Waals surface area contributed by atoms with Gasteiger partial charge in [0.25, 0.3) is 0 Å². The van der Waals surface area contributed by atoms with Crippen LogP contribution in [0.4, 0.5) is 0 Å². The van der Waals surface area contributed by atoms with Gasteiger partial charge in [0.15, 0.2) is 0 Å². The number of nitrogens with one attached hydrogen (secondary N) is 3. The average Bonchev–Trinajstić information content (AvgIpc) is 2.79. The van der Waals surface area contributed by atoms with Gasteiger partial charge < -0.3 is 31.9 Å². The van der Waals surface area contributed by atoms with E-state index in [1.165, 1.54) is 12.1 Å². The number of phenols is 1. The Morgan fingerprint density at radius 1 is 0.829 bits per heavy atom. The maximum atomic E-state index is 13.3. The second-order valence-electron chi connectivity index (χ2n) is 9.64. The third kappa shape index (κ3) is 9.20. The van der Waals surface area contributed by atoms with Crippen LogP contribution < -0.4 is 21.7 Å². The highest BCUT2D eigenvalue weighted by Gasteiger charge is 2.33. The molecule has 35 heavy (non-hydrogen) atoms. The lowest BCUT2D eigenvalue weighted by atomic mass is 9.97. The molecule has 0 radical (unpaired) electrons. The van der Waals surface area contributed by atoms with Crippen LogP contribution in [0.25, 0.3) is 0 Å². The lowest BCUT2D eigenvalue weighted by Crippen LogP contribution is -2.59. The Labute approximate surface area is 207 Å². The first-order valence-electron chi connectivity index (χ1n) is 12.0. The first-order valence-corrected chi connectivity index (χ1v) is 12.0. The molecule has 1 aromatic rings. The predicted octanol–water partition coefficient (Wildman–Crippen LogP) is 1.16. The van der Waals surface area contributed by atoms with E-state index in [1.807, 2.05) is 13.8 Å². The molecule has 1 rings (SSSR count). The molecule has 0 saturated heterocycles. The van der Waals surface area contributed by atoms with Crippen LogP contribution in [-0.4, -0.2) is 58.1 Å². The van der Waals surface area contributed by atoms with Crippen LogP contribution in [-0.2, 0) is 25.6 Å². The van der Waals surface area contributed by atoms with Gasteiger partial charge in [-0.05, 0) is 35.4 Å².